The molecule has 0 aliphatic carbocycles. The summed E-state index contributed by atoms with van der Waals surface area (Å²) in [6.45, 7) is 0.576. The van der Waals surface area contributed by atoms with Crippen molar-refractivity contribution in [2.24, 2.45) is 0 Å². The third-order valence-electron chi connectivity index (χ3n) is 4.46. The van der Waals surface area contributed by atoms with Gasteiger partial charge in [-0.1, -0.05) is 84.9 Å². The molecule has 0 radical (unpaired) electrons. The van der Waals surface area contributed by atoms with Crippen LogP contribution in [-0.2, 0) is 17.8 Å². The van der Waals surface area contributed by atoms with Crippen LogP contribution in [0.5, 0.6) is 0 Å². The van der Waals surface area contributed by atoms with Crippen molar-refractivity contribution in [1.82, 2.24) is 20.6 Å². The molecule has 0 aliphatic heterocycles. The molecule has 1 atom stereocenters. The van der Waals surface area contributed by atoms with E-state index in [1.807, 2.05) is 36.4 Å². The minimum absolute atomic E-state index is 0.0329. The first-order valence-corrected chi connectivity index (χ1v) is 8.92. The second kappa shape index (κ2) is 8.38. The maximum atomic E-state index is 6.30. The predicted octanol–water partition coefficient (Wildman–Crippen LogP) is 4.37. The Labute approximate surface area is 158 Å². The van der Waals surface area contributed by atoms with Crippen molar-refractivity contribution in [3.8, 4) is 11.4 Å². The molecule has 0 bridgehead atoms. The van der Waals surface area contributed by atoms with Crippen LogP contribution < -0.4 is 0 Å². The van der Waals surface area contributed by atoms with E-state index in [-0.39, 0.29) is 6.10 Å². The van der Waals surface area contributed by atoms with Crippen LogP contribution >= 0.6 is 0 Å². The second-order valence-electron chi connectivity index (χ2n) is 6.35. The number of hydrogen-bond acceptors (Lipinski definition) is 4. The first-order valence-electron chi connectivity index (χ1n) is 8.92. The molecule has 5 heteroatoms. The van der Waals surface area contributed by atoms with Gasteiger partial charge in [0, 0.05) is 12.0 Å². The Hall–Kier alpha value is -3.31. The van der Waals surface area contributed by atoms with Crippen molar-refractivity contribution in [1.29, 1.82) is 0 Å². The Morgan fingerprint density at radius 2 is 1.44 bits per heavy atom. The molecule has 134 valence electrons. The maximum Gasteiger partial charge on any atom is 0.179 e. The van der Waals surface area contributed by atoms with Gasteiger partial charge in [0.25, 0.3) is 0 Å². The summed E-state index contributed by atoms with van der Waals surface area (Å²) in [5, 5.41) is 14.0. The minimum atomic E-state index is -0.0329. The molecule has 1 heterocycles. The van der Waals surface area contributed by atoms with E-state index in [2.05, 4.69) is 69.2 Å². The topological polar surface area (TPSA) is 63.7 Å². The van der Waals surface area contributed by atoms with Gasteiger partial charge in [0.05, 0.1) is 12.7 Å². The van der Waals surface area contributed by atoms with Crippen molar-refractivity contribution in [3.05, 3.63) is 102 Å². The van der Waals surface area contributed by atoms with Gasteiger partial charge >= 0.3 is 0 Å². The predicted molar refractivity (Wildman–Crippen MR) is 104 cm³/mol. The van der Waals surface area contributed by atoms with E-state index in [1.54, 1.807) is 0 Å². The van der Waals surface area contributed by atoms with Gasteiger partial charge in [-0.25, -0.2) is 5.10 Å². The molecule has 0 spiro atoms. The van der Waals surface area contributed by atoms with Crippen molar-refractivity contribution < 1.29 is 4.74 Å². The quantitative estimate of drug-likeness (QED) is 0.534. The normalized spacial score (nSPS) is 12.0. The zero-order valence-electron chi connectivity index (χ0n) is 14.8. The van der Waals surface area contributed by atoms with E-state index >= 15 is 0 Å². The number of H-pyrrole nitrogens is 1. The number of tetrazole rings is 1. The summed E-state index contributed by atoms with van der Waals surface area (Å²) >= 11 is 0. The van der Waals surface area contributed by atoms with Gasteiger partial charge in [-0.2, -0.15) is 0 Å². The van der Waals surface area contributed by atoms with Gasteiger partial charge in [0.2, 0.25) is 0 Å². The first-order chi connectivity index (χ1) is 13.4. The smallest absolute Gasteiger partial charge is 0.179 e. The van der Waals surface area contributed by atoms with E-state index in [1.165, 1.54) is 11.1 Å². The monoisotopic (exact) mass is 356 g/mol. The Bertz CT molecular complexity index is 939. The molecule has 0 aliphatic rings. The van der Waals surface area contributed by atoms with Crippen LogP contribution in [-0.4, -0.2) is 20.6 Å². The highest BCUT2D eigenvalue weighted by atomic mass is 16.5. The van der Waals surface area contributed by atoms with Crippen molar-refractivity contribution >= 4 is 0 Å². The van der Waals surface area contributed by atoms with Gasteiger partial charge < -0.3 is 4.74 Å². The summed E-state index contributed by atoms with van der Waals surface area (Å²) in [7, 11) is 0. The van der Waals surface area contributed by atoms with Crippen LogP contribution in [0, 0.1) is 0 Å². The molecule has 1 N–H and O–H groups in total. The number of ether oxygens (including phenoxy) is 1. The lowest BCUT2D eigenvalue weighted by atomic mass is 10.00. The van der Waals surface area contributed by atoms with Crippen LogP contribution in [0.1, 0.15) is 22.8 Å². The highest BCUT2D eigenvalue weighted by molar-refractivity contribution is 5.54. The first kappa shape index (κ1) is 17.1. The fraction of sp³-hybridized carbons (Fsp3) is 0.136. The van der Waals surface area contributed by atoms with Crippen molar-refractivity contribution in [3.63, 3.8) is 0 Å². The standard InChI is InChI=1S/C22H20N4O/c1-3-7-17(8-4-1)15-21(27-16-18-9-5-2-6-10-18)19-11-13-20(14-12-19)22-23-25-26-24-22/h1-14,21H,15-16H2,(H,23,24,25,26). The lowest BCUT2D eigenvalue weighted by Gasteiger charge is -2.19. The fourth-order valence-corrected chi connectivity index (χ4v) is 3.01. The van der Waals surface area contributed by atoms with Crippen LogP contribution in [0.15, 0.2) is 84.9 Å². The average molecular weight is 356 g/mol. The third kappa shape index (κ3) is 4.46. The van der Waals surface area contributed by atoms with Gasteiger partial charge in [0.1, 0.15) is 0 Å². The zero-order chi connectivity index (χ0) is 18.3. The zero-order valence-corrected chi connectivity index (χ0v) is 14.8. The third-order valence-corrected chi connectivity index (χ3v) is 4.46. The SMILES string of the molecule is c1ccc(COC(Cc2ccccc2)c2ccc(-c3nnn[nH]3)cc2)cc1. The Morgan fingerprint density at radius 3 is 2.07 bits per heavy atom. The van der Waals surface area contributed by atoms with Crippen LogP contribution in [0.3, 0.4) is 0 Å². The lowest BCUT2D eigenvalue weighted by Crippen LogP contribution is -2.08. The van der Waals surface area contributed by atoms with Gasteiger partial charge in [-0.3, -0.25) is 0 Å². The molecule has 4 aromatic rings. The van der Waals surface area contributed by atoms with E-state index < -0.39 is 0 Å². The number of benzene rings is 3. The van der Waals surface area contributed by atoms with Crippen LogP contribution in [0.25, 0.3) is 11.4 Å². The number of rotatable bonds is 7. The molecule has 4 rings (SSSR count). The number of nitrogens with one attached hydrogen (secondary N) is 1. The molecule has 0 saturated carbocycles. The highest BCUT2D eigenvalue weighted by Gasteiger charge is 2.14. The van der Waals surface area contributed by atoms with E-state index in [9.17, 15) is 0 Å². The molecule has 0 fully saturated rings. The molecule has 27 heavy (non-hydrogen) atoms. The molecular formula is C22H20N4O. The number of aromatic nitrogens is 4. The molecule has 1 unspecified atom stereocenters. The van der Waals surface area contributed by atoms with E-state index in [0.717, 1.165) is 17.5 Å². The summed E-state index contributed by atoms with van der Waals surface area (Å²) in [5.41, 5.74) is 4.50. The van der Waals surface area contributed by atoms with Gasteiger partial charge in [-0.05, 0) is 27.1 Å². The molecule has 3 aromatic carbocycles. The number of aromatic amines is 1. The molecule has 5 nitrogen and oxygen atoms in total. The molecule has 1 aromatic heterocycles. The number of nitrogens with zero attached hydrogens (tertiary/aromatic N) is 3. The summed E-state index contributed by atoms with van der Waals surface area (Å²) < 4.78 is 6.30. The van der Waals surface area contributed by atoms with E-state index in [0.29, 0.717) is 12.4 Å². The molecular weight excluding hydrogens is 336 g/mol. The number of hydrogen-bond donors (Lipinski definition) is 1. The minimum Gasteiger partial charge on any atom is -0.369 e. The van der Waals surface area contributed by atoms with E-state index in [4.69, 9.17) is 4.74 Å². The summed E-state index contributed by atoms with van der Waals surface area (Å²) in [6, 6.07) is 28.9. The lowest BCUT2D eigenvalue weighted by molar-refractivity contribution is 0.0399. The average Bonchev–Trinajstić information content (AvgIpc) is 3.28. The maximum absolute atomic E-state index is 6.30. The summed E-state index contributed by atoms with van der Waals surface area (Å²) in [5.74, 6) is 0.659. The Morgan fingerprint density at radius 1 is 0.778 bits per heavy atom. The summed E-state index contributed by atoms with van der Waals surface area (Å²) in [6.07, 6.45) is 0.783. The summed E-state index contributed by atoms with van der Waals surface area (Å²) in [4.78, 5) is 0. The van der Waals surface area contributed by atoms with Crippen LogP contribution in [0.4, 0.5) is 0 Å². The Balaban J connectivity index is 1.54. The van der Waals surface area contributed by atoms with Crippen molar-refractivity contribution in [2.45, 2.75) is 19.1 Å². The van der Waals surface area contributed by atoms with Crippen molar-refractivity contribution in [2.75, 3.05) is 0 Å². The van der Waals surface area contributed by atoms with Gasteiger partial charge in [0.15, 0.2) is 5.82 Å². The van der Waals surface area contributed by atoms with Crippen LogP contribution in [0.2, 0.25) is 0 Å². The largest absolute Gasteiger partial charge is 0.369 e. The molecule has 0 saturated heterocycles. The van der Waals surface area contributed by atoms with Gasteiger partial charge in [-0.15, -0.1) is 5.10 Å². The Kier molecular flexibility index (Phi) is 5.31. The molecule has 0 amide bonds. The fourth-order valence-electron chi connectivity index (χ4n) is 3.01. The second-order valence-corrected chi connectivity index (χ2v) is 6.35. The highest BCUT2D eigenvalue weighted by Crippen LogP contribution is 2.26.